The van der Waals surface area contributed by atoms with E-state index in [2.05, 4.69) is 98.6 Å². The molecule has 1 atom stereocenters. The zero-order chi connectivity index (χ0) is 19.8. The highest BCUT2D eigenvalue weighted by atomic mass is 28.2. The fourth-order valence-electron chi connectivity index (χ4n) is 4.27. The SMILES string of the molecule is Cc1ccc(-c2ccc3cc(C(C(C)(C)C)C(C)(C)O[Si])ccc3c2)cn1. The summed E-state index contributed by atoms with van der Waals surface area (Å²) >= 11 is 0. The lowest BCUT2D eigenvalue weighted by Gasteiger charge is -2.42. The van der Waals surface area contributed by atoms with Gasteiger partial charge in [0.2, 0.25) is 10.5 Å². The number of hydrogen-bond donors (Lipinski definition) is 0. The predicted octanol–water partition coefficient (Wildman–Crippen LogP) is 6.22. The molecule has 0 N–H and O–H groups in total. The summed E-state index contributed by atoms with van der Waals surface area (Å²) < 4.78 is 5.68. The molecule has 1 aromatic heterocycles. The Morgan fingerprint density at radius 3 is 2.07 bits per heavy atom. The molecule has 0 aliphatic carbocycles. The summed E-state index contributed by atoms with van der Waals surface area (Å²) in [5.41, 5.74) is 4.41. The van der Waals surface area contributed by atoms with Crippen LogP contribution in [0.1, 0.15) is 51.8 Å². The van der Waals surface area contributed by atoms with Gasteiger partial charge >= 0.3 is 0 Å². The van der Waals surface area contributed by atoms with Crippen LogP contribution >= 0.6 is 0 Å². The van der Waals surface area contributed by atoms with Crippen molar-refractivity contribution in [3.63, 3.8) is 0 Å². The molecular formula is C24H28NOSi. The molecule has 0 spiro atoms. The molecule has 0 amide bonds. The standard InChI is InChI=1S/C24H28NOSi/c1-16-7-8-21(15-25-16)19-10-9-18-14-20(12-11-17(18)13-19)22(23(2,3)4)24(5,6)26-27/h7-15,22H,1-6H3. The van der Waals surface area contributed by atoms with E-state index in [1.807, 2.05) is 13.1 Å². The van der Waals surface area contributed by atoms with Crippen LogP contribution in [0.5, 0.6) is 0 Å². The van der Waals surface area contributed by atoms with Gasteiger partial charge in [0.05, 0.1) is 5.60 Å². The summed E-state index contributed by atoms with van der Waals surface area (Å²) in [6.07, 6.45) is 1.94. The van der Waals surface area contributed by atoms with Crippen LogP contribution in [0.15, 0.2) is 54.7 Å². The van der Waals surface area contributed by atoms with E-state index in [1.165, 1.54) is 21.9 Å². The van der Waals surface area contributed by atoms with Gasteiger partial charge in [0.1, 0.15) is 0 Å². The van der Waals surface area contributed by atoms with Crippen molar-refractivity contribution in [1.29, 1.82) is 0 Å². The first-order valence-electron chi connectivity index (χ1n) is 9.43. The first-order chi connectivity index (χ1) is 12.6. The molecule has 2 aromatic carbocycles. The Labute approximate surface area is 166 Å². The van der Waals surface area contributed by atoms with Gasteiger partial charge in [0.25, 0.3) is 0 Å². The number of nitrogens with zero attached hydrogens (tertiary/aromatic N) is 1. The van der Waals surface area contributed by atoms with Crippen molar-refractivity contribution in [2.45, 2.75) is 53.1 Å². The second-order valence-corrected chi connectivity index (χ2v) is 9.22. The third-order valence-corrected chi connectivity index (χ3v) is 5.79. The van der Waals surface area contributed by atoms with E-state index in [-0.39, 0.29) is 16.9 Å². The molecule has 0 bridgehead atoms. The third-order valence-electron chi connectivity index (χ3n) is 5.27. The Balaban J connectivity index is 2.05. The number of aryl methyl sites for hydroxylation is 1. The Kier molecular flexibility index (Phi) is 5.28. The van der Waals surface area contributed by atoms with Crippen LogP contribution in [0.4, 0.5) is 0 Å². The average Bonchev–Trinajstić information content (AvgIpc) is 2.60. The van der Waals surface area contributed by atoms with E-state index < -0.39 is 0 Å². The van der Waals surface area contributed by atoms with Crippen molar-refractivity contribution in [3.05, 3.63) is 66.0 Å². The van der Waals surface area contributed by atoms with Crippen LogP contribution in [0.3, 0.4) is 0 Å². The lowest BCUT2D eigenvalue weighted by atomic mass is 9.68. The minimum Gasteiger partial charge on any atom is -0.413 e. The molecule has 3 heteroatoms. The van der Waals surface area contributed by atoms with Crippen LogP contribution in [0, 0.1) is 12.3 Å². The van der Waals surface area contributed by atoms with Gasteiger partial charge in [0, 0.05) is 23.4 Å². The normalized spacial score (nSPS) is 13.7. The Bertz CT molecular complexity index is 939. The molecule has 0 saturated carbocycles. The average molecular weight is 375 g/mol. The third kappa shape index (κ3) is 4.15. The molecule has 3 aromatic rings. The predicted molar refractivity (Wildman–Crippen MR) is 115 cm³/mol. The highest BCUT2D eigenvalue weighted by Gasteiger charge is 2.39. The molecule has 1 heterocycles. The topological polar surface area (TPSA) is 22.1 Å². The van der Waals surface area contributed by atoms with Gasteiger partial charge in [-0.15, -0.1) is 0 Å². The van der Waals surface area contributed by atoms with E-state index in [1.54, 1.807) is 0 Å². The van der Waals surface area contributed by atoms with Crippen LogP contribution < -0.4 is 0 Å². The Morgan fingerprint density at radius 1 is 0.852 bits per heavy atom. The van der Waals surface area contributed by atoms with Gasteiger partial charge in [-0.25, -0.2) is 0 Å². The van der Waals surface area contributed by atoms with Crippen LogP contribution in [-0.2, 0) is 4.43 Å². The molecule has 3 radical (unpaired) electrons. The summed E-state index contributed by atoms with van der Waals surface area (Å²) in [5.74, 6) is 0.243. The first kappa shape index (κ1) is 19.8. The molecular weight excluding hydrogens is 346 g/mol. The van der Waals surface area contributed by atoms with Crippen molar-refractivity contribution in [3.8, 4) is 11.1 Å². The minimum atomic E-state index is -0.323. The number of fused-ring (bicyclic) bond motifs is 1. The molecule has 0 aliphatic heterocycles. The summed E-state index contributed by atoms with van der Waals surface area (Å²) in [7, 11) is 3.30. The molecule has 0 saturated heterocycles. The van der Waals surface area contributed by atoms with Crippen LogP contribution in [0.25, 0.3) is 21.9 Å². The molecule has 139 valence electrons. The van der Waals surface area contributed by atoms with Crippen molar-refractivity contribution in [1.82, 2.24) is 4.98 Å². The van der Waals surface area contributed by atoms with E-state index >= 15 is 0 Å². The summed E-state index contributed by atoms with van der Waals surface area (Å²) in [6.45, 7) is 13.1. The smallest absolute Gasteiger partial charge is 0.247 e. The fraction of sp³-hybridized carbons (Fsp3) is 0.375. The zero-order valence-electron chi connectivity index (χ0n) is 17.1. The molecule has 3 rings (SSSR count). The lowest BCUT2D eigenvalue weighted by Crippen LogP contribution is -2.39. The van der Waals surface area contributed by atoms with E-state index in [9.17, 15) is 0 Å². The zero-order valence-corrected chi connectivity index (χ0v) is 18.1. The Morgan fingerprint density at radius 2 is 1.48 bits per heavy atom. The number of pyridine rings is 1. The maximum absolute atomic E-state index is 5.68. The van der Waals surface area contributed by atoms with Crippen LogP contribution in [0.2, 0.25) is 0 Å². The van der Waals surface area contributed by atoms with E-state index in [4.69, 9.17) is 4.43 Å². The van der Waals surface area contributed by atoms with Crippen molar-refractivity contribution >= 4 is 21.3 Å². The molecule has 2 nitrogen and oxygen atoms in total. The second-order valence-electron chi connectivity index (χ2n) is 9.01. The van der Waals surface area contributed by atoms with Gasteiger partial charge < -0.3 is 4.43 Å². The minimum absolute atomic E-state index is 0.0668. The molecule has 0 fully saturated rings. The maximum Gasteiger partial charge on any atom is 0.247 e. The van der Waals surface area contributed by atoms with Gasteiger partial charge in [0.15, 0.2) is 0 Å². The largest absolute Gasteiger partial charge is 0.413 e. The van der Waals surface area contributed by atoms with Crippen molar-refractivity contribution in [2.24, 2.45) is 5.41 Å². The number of aromatic nitrogens is 1. The monoisotopic (exact) mass is 374 g/mol. The summed E-state index contributed by atoms with van der Waals surface area (Å²) in [6, 6.07) is 17.6. The van der Waals surface area contributed by atoms with Gasteiger partial charge in [-0.2, -0.15) is 0 Å². The van der Waals surface area contributed by atoms with Crippen molar-refractivity contribution < 1.29 is 4.43 Å². The molecule has 0 aliphatic rings. The number of hydrogen-bond acceptors (Lipinski definition) is 2. The lowest BCUT2D eigenvalue weighted by molar-refractivity contribution is 0.0405. The van der Waals surface area contributed by atoms with Gasteiger partial charge in [-0.3, -0.25) is 4.98 Å². The Hall–Kier alpha value is -1.97. The highest BCUT2D eigenvalue weighted by molar-refractivity contribution is 5.98. The first-order valence-corrected chi connectivity index (χ1v) is 9.84. The quantitative estimate of drug-likeness (QED) is 0.506. The van der Waals surface area contributed by atoms with Crippen molar-refractivity contribution in [2.75, 3.05) is 0 Å². The van der Waals surface area contributed by atoms with E-state index in [0.717, 1.165) is 11.3 Å². The molecule has 27 heavy (non-hydrogen) atoms. The van der Waals surface area contributed by atoms with Crippen LogP contribution in [-0.4, -0.2) is 21.1 Å². The molecule has 1 unspecified atom stereocenters. The van der Waals surface area contributed by atoms with Gasteiger partial charge in [-0.1, -0.05) is 57.2 Å². The highest BCUT2D eigenvalue weighted by Crippen LogP contribution is 2.45. The maximum atomic E-state index is 5.68. The summed E-state index contributed by atoms with van der Waals surface area (Å²) in [4.78, 5) is 4.42. The number of rotatable bonds is 4. The van der Waals surface area contributed by atoms with E-state index in [0.29, 0.717) is 0 Å². The fourth-order valence-corrected chi connectivity index (χ4v) is 4.38. The summed E-state index contributed by atoms with van der Waals surface area (Å²) in [5, 5.41) is 2.48. The van der Waals surface area contributed by atoms with Gasteiger partial charge in [-0.05, 0) is 60.2 Å². The number of benzene rings is 2. The second kappa shape index (κ2) is 7.21.